The summed E-state index contributed by atoms with van der Waals surface area (Å²) in [6.45, 7) is 5.04. The molecule has 2 rings (SSSR count). The number of hydrogen-bond acceptors (Lipinski definition) is 3. The highest BCUT2D eigenvalue weighted by atomic mass is 32.2. The van der Waals surface area contributed by atoms with Gasteiger partial charge < -0.3 is 5.32 Å². The van der Waals surface area contributed by atoms with E-state index in [1.54, 1.807) is 0 Å². The van der Waals surface area contributed by atoms with Gasteiger partial charge in [-0.3, -0.25) is 0 Å². The van der Waals surface area contributed by atoms with Gasteiger partial charge in [0.2, 0.25) is 0 Å². The molecule has 0 heterocycles. The quantitative estimate of drug-likeness (QED) is 0.896. The highest BCUT2D eigenvalue weighted by Gasteiger charge is 2.47. The lowest BCUT2D eigenvalue weighted by molar-refractivity contribution is -0.0436. The predicted molar refractivity (Wildman–Crippen MR) is 74.7 cm³/mol. The highest BCUT2D eigenvalue weighted by Crippen LogP contribution is 2.51. The van der Waals surface area contributed by atoms with Gasteiger partial charge in [0.25, 0.3) is 9.84 Å². The molecule has 1 aliphatic carbocycles. The maximum atomic E-state index is 12.4. The Morgan fingerprint density at radius 1 is 1.19 bits per heavy atom. The number of hydrogen-bond donors (Lipinski definition) is 1. The van der Waals surface area contributed by atoms with Gasteiger partial charge in [-0.2, -0.15) is 13.2 Å². The Kier molecular flexibility index (Phi) is 3.99. The van der Waals surface area contributed by atoms with Crippen molar-refractivity contribution in [3.8, 4) is 0 Å². The third-order valence-corrected chi connectivity index (χ3v) is 5.73. The molecule has 0 spiro atoms. The van der Waals surface area contributed by atoms with Gasteiger partial charge in [-0.15, -0.1) is 0 Å². The Balaban J connectivity index is 2.07. The summed E-state index contributed by atoms with van der Waals surface area (Å²) < 4.78 is 59.7. The van der Waals surface area contributed by atoms with E-state index in [-0.39, 0.29) is 5.41 Å². The number of sulfone groups is 1. The van der Waals surface area contributed by atoms with Gasteiger partial charge in [-0.25, -0.2) is 8.42 Å². The largest absolute Gasteiger partial charge is 0.501 e. The molecule has 3 nitrogen and oxygen atoms in total. The van der Waals surface area contributed by atoms with Gasteiger partial charge in [-0.05, 0) is 48.4 Å². The molecule has 0 aliphatic heterocycles. The van der Waals surface area contributed by atoms with Crippen LogP contribution in [0.5, 0.6) is 0 Å². The number of rotatable bonds is 5. The third kappa shape index (κ3) is 3.17. The van der Waals surface area contributed by atoms with E-state index in [2.05, 4.69) is 19.2 Å². The van der Waals surface area contributed by atoms with Gasteiger partial charge in [-0.1, -0.05) is 13.8 Å². The predicted octanol–water partition coefficient (Wildman–Crippen LogP) is 3.83. The summed E-state index contributed by atoms with van der Waals surface area (Å²) in [7, 11) is -5.27. The van der Waals surface area contributed by atoms with E-state index < -0.39 is 20.2 Å². The first-order valence-corrected chi connectivity index (χ1v) is 8.22. The summed E-state index contributed by atoms with van der Waals surface area (Å²) in [6, 6.07) is 4.71. The van der Waals surface area contributed by atoms with Gasteiger partial charge >= 0.3 is 5.51 Å². The minimum atomic E-state index is -5.27. The molecule has 1 aliphatic rings. The van der Waals surface area contributed by atoms with Crippen LogP contribution < -0.4 is 5.32 Å². The van der Waals surface area contributed by atoms with E-state index in [9.17, 15) is 21.6 Å². The fourth-order valence-corrected chi connectivity index (χ4v) is 3.04. The zero-order valence-corrected chi connectivity index (χ0v) is 12.7. The second kappa shape index (κ2) is 5.19. The number of nitrogens with one attached hydrogen (secondary N) is 1. The molecule has 1 aromatic rings. The first-order chi connectivity index (χ1) is 9.58. The molecular weight excluding hydrogens is 303 g/mol. The lowest BCUT2D eigenvalue weighted by Gasteiger charge is -2.20. The number of benzene rings is 1. The molecule has 1 N–H and O–H groups in total. The molecular formula is C14H18F3NO2S. The van der Waals surface area contributed by atoms with Crippen LogP contribution in [0.4, 0.5) is 18.9 Å². The van der Waals surface area contributed by atoms with Crippen molar-refractivity contribution >= 4 is 15.5 Å². The Morgan fingerprint density at radius 3 is 2.10 bits per heavy atom. The lowest BCUT2D eigenvalue weighted by atomic mass is 9.92. The van der Waals surface area contributed by atoms with E-state index in [1.807, 2.05) is 0 Å². The van der Waals surface area contributed by atoms with Crippen molar-refractivity contribution in [2.75, 3.05) is 11.9 Å². The molecule has 21 heavy (non-hydrogen) atoms. The van der Waals surface area contributed by atoms with E-state index in [0.29, 0.717) is 11.6 Å². The SMILES string of the molecule is CC(C)C1(CNc2ccc(S(=O)(=O)C(F)(F)F)cc2)CC1. The zero-order chi connectivity index (χ0) is 15.9. The molecule has 0 aromatic heterocycles. The second-order valence-corrected chi connectivity index (χ2v) is 7.79. The van der Waals surface area contributed by atoms with Gasteiger partial charge in [0.15, 0.2) is 0 Å². The highest BCUT2D eigenvalue weighted by molar-refractivity contribution is 7.92. The molecule has 1 saturated carbocycles. The molecule has 1 fully saturated rings. The summed E-state index contributed by atoms with van der Waals surface area (Å²) in [5.74, 6) is 0.537. The molecule has 0 saturated heterocycles. The van der Waals surface area contributed by atoms with Crippen molar-refractivity contribution in [2.24, 2.45) is 11.3 Å². The van der Waals surface area contributed by atoms with Crippen molar-refractivity contribution in [3.05, 3.63) is 24.3 Å². The van der Waals surface area contributed by atoms with Gasteiger partial charge in [0.05, 0.1) is 4.90 Å². The first-order valence-electron chi connectivity index (χ1n) is 6.74. The van der Waals surface area contributed by atoms with Crippen LogP contribution in [0.1, 0.15) is 26.7 Å². The van der Waals surface area contributed by atoms with Crippen LogP contribution in [0.3, 0.4) is 0 Å². The average molecular weight is 321 g/mol. The molecule has 7 heteroatoms. The molecule has 0 radical (unpaired) electrons. The second-order valence-electron chi connectivity index (χ2n) is 5.84. The molecule has 0 unspecified atom stereocenters. The topological polar surface area (TPSA) is 46.2 Å². The number of anilines is 1. The Hall–Kier alpha value is -1.24. The van der Waals surface area contributed by atoms with Crippen molar-refractivity contribution in [1.82, 2.24) is 0 Å². The van der Waals surface area contributed by atoms with Crippen LogP contribution in [0.25, 0.3) is 0 Å². The van der Waals surface area contributed by atoms with E-state index >= 15 is 0 Å². The normalized spacial score (nSPS) is 17.8. The molecule has 118 valence electrons. The monoisotopic (exact) mass is 321 g/mol. The lowest BCUT2D eigenvalue weighted by Crippen LogP contribution is -2.23. The Bertz CT molecular complexity index is 602. The molecule has 0 bridgehead atoms. The fraction of sp³-hybridized carbons (Fsp3) is 0.571. The van der Waals surface area contributed by atoms with Gasteiger partial charge in [0, 0.05) is 12.2 Å². The maximum Gasteiger partial charge on any atom is 0.501 e. The van der Waals surface area contributed by atoms with Crippen LogP contribution in [0.15, 0.2) is 29.2 Å². The summed E-state index contributed by atoms with van der Waals surface area (Å²) in [6.07, 6.45) is 2.27. The van der Waals surface area contributed by atoms with Crippen LogP contribution in [-0.2, 0) is 9.84 Å². The van der Waals surface area contributed by atoms with E-state index in [0.717, 1.165) is 31.5 Å². The Labute approximate surface area is 122 Å². The smallest absolute Gasteiger partial charge is 0.384 e. The van der Waals surface area contributed by atoms with Gasteiger partial charge in [0.1, 0.15) is 0 Å². The fourth-order valence-electron chi connectivity index (χ4n) is 2.28. The summed E-state index contributed by atoms with van der Waals surface area (Å²) >= 11 is 0. The Morgan fingerprint density at radius 2 is 1.71 bits per heavy atom. The summed E-state index contributed by atoms with van der Waals surface area (Å²) in [5, 5.41) is 3.17. The molecule has 0 atom stereocenters. The minimum absolute atomic E-state index is 0.261. The van der Waals surface area contributed by atoms with Crippen LogP contribution in [0.2, 0.25) is 0 Å². The maximum absolute atomic E-state index is 12.4. The van der Waals surface area contributed by atoms with Crippen molar-refractivity contribution < 1.29 is 21.6 Å². The summed E-state index contributed by atoms with van der Waals surface area (Å²) in [5.41, 5.74) is -4.38. The number of alkyl halides is 3. The molecule has 1 aromatic carbocycles. The van der Waals surface area contributed by atoms with Crippen LogP contribution in [-0.4, -0.2) is 20.5 Å². The van der Waals surface area contributed by atoms with Crippen molar-refractivity contribution in [2.45, 2.75) is 37.1 Å². The van der Waals surface area contributed by atoms with E-state index in [4.69, 9.17) is 0 Å². The van der Waals surface area contributed by atoms with Crippen molar-refractivity contribution in [3.63, 3.8) is 0 Å². The average Bonchev–Trinajstić information content (AvgIpc) is 3.17. The van der Waals surface area contributed by atoms with Crippen LogP contribution >= 0.6 is 0 Å². The minimum Gasteiger partial charge on any atom is -0.384 e. The zero-order valence-electron chi connectivity index (χ0n) is 11.9. The summed E-state index contributed by atoms with van der Waals surface area (Å²) in [4.78, 5) is -0.731. The van der Waals surface area contributed by atoms with Crippen molar-refractivity contribution in [1.29, 1.82) is 0 Å². The standard InChI is InChI=1S/C14H18F3NO2S/c1-10(2)13(7-8-13)9-18-11-3-5-12(6-4-11)21(19,20)14(15,16)17/h3-6,10,18H,7-9H2,1-2H3. The third-order valence-electron chi connectivity index (χ3n) is 4.23. The van der Waals surface area contributed by atoms with Crippen LogP contribution in [0, 0.1) is 11.3 Å². The molecule has 0 amide bonds. The number of halogens is 3. The first kappa shape index (κ1) is 16.1. The van der Waals surface area contributed by atoms with E-state index in [1.165, 1.54) is 12.1 Å².